The largest absolute Gasteiger partial charge is 0.466 e. The lowest BCUT2D eigenvalue weighted by Gasteiger charge is -2.47. The van der Waals surface area contributed by atoms with E-state index >= 15 is 0 Å². The van der Waals surface area contributed by atoms with Gasteiger partial charge in [0.05, 0.1) is 24.7 Å². The van der Waals surface area contributed by atoms with Gasteiger partial charge >= 0.3 is 11.9 Å². The Labute approximate surface area is 194 Å². The molecule has 0 spiro atoms. The molecule has 9 heteroatoms. The molecule has 1 aromatic rings. The average molecular weight is 461 g/mol. The topological polar surface area (TPSA) is 127 Å². The summed E-state index contributed by atoms with van der Waals surface area (Å²) in [4.78, 5) is 26.4. The third kappa shape index (κ3) is 5.90. The van der Waals surface area contributed by atoms with Gasteiger partial charge in [0.25, 0.3) is 0 Å². The lowest BCUT2D eigenvalue weighted by atomic mass is 9.71. The Morgan fingerprint density at radius 3 is 2.30 bits per heavy atom. The molecule has 180 valence electrons. The Morgan fingerprint density at radius 2 is 1.76 bits per heavy atom. The second-order valence-electron chi connectivity index (χ2n) is 7.39. The molecular formula is C24H32N2O7. The van der Waals surface area contributed by atoms with Crippen LogP contribution in [0.4, 0.5) is 0 Å². The molecule has 9 nitrogen and oxygen atoms in total. The molecule has 0 radical (unpaired) electrons. The molecule has 0 bridgehead atoms. The molecule has 1 aliphatic rings. The fourth-order valence-corrected chi connectivity index (χ4v) is 4.02. The highest BCUT2D eigenvalue weighted by Gasteiger charge is 2.58. The van der Waals surface area contributed by atoms with Crippen LogP contribution in [0.1, 0.15) is 45.6 Å². The highest BCUT2D eigenvalue weighted by molar-refractivity contribution is 5.93. The number of hydrogen-bond acceptors (Lipinski definition) is 9. The number of carbonyl (C=O) groups is 2. The molecule has 1 aliphatic heterocycles. The first-order chi connectivity index (χ1) is 15.8. The van der Waals surface area contributed by atoms with E-state index in [0.29, 0.717) is 11.3 Å². The first-order valence-electron chi connectivity index (χ1n) is 11.1. The zero-order chi connectivity index (χ0) is 24.4. The Kier molecular flexibility index (Phi) is 9.85. The van der Waals surface area contributed by atoms with Crippen LogP contribution in [0.15, 0.2) is 41.6 Å². The Morgan fingerprint density at radius 1 is 1.12 bits per heavy atom. The molecule has 0 saturated carbocycles. The van der Waals surface area contributed by atoms with Crippen molar-refractivity contribution in [3.05, 3.63) is 47.2 Å². The summed E-state index contributed by atoms with van der Waals surface area (Å²) in [6.07, 6.45) is -1.19. The highest BCUT2D eigenvalue weighted by Crippen LogP contribution is 2.45. The minimum atomic E-state index is -2.04. The minimum absolute atomic E-state index is 0.0312. The fraction of sp³-hybridized carbons (Fsp3) is 0.542. The van der Waals surface area contributed by atoms with Gasteiger partial charge in [-0.15, -0.1) is 0 Å². The quantitative estimate of drug-likeness (QED) is 0.291. The number of nitrogens with zero attached hydrogens (tertiary/aromatic N) is 1. The van der Waals surface area contributed by atoms with E-state index in [4.69, 9.17) is 24.2 Å². The van der Waals surface area contributed by atoms with Crippen LogP contribution in [0, 0.1) is 17.2 Å². The van der Waals surface area contributed by atoms with Crippen LogP contribution >= 0.6 is 0 Å². The SMILES string of the molecule is CCOC(=O)[C@@H]1[C@@H](c2ccccc2)C(C(=O)OCCC#N)=C(C)N[C@@]1(O)C(OCC)OCC. The van der Waals surface area contributed by atoms with Gasteiger partial charge in [0.1, 0.15) is 12.5 Å². The Bertz CT molecular complexity index is 875. The summed E-state index contributed by atoms with van der Waals surface area (Å²) in [6.45, 7) is 7.16. The maximum atomic E-state index is 13.3. The number of ether oxygens (including phenoxy) is 4. The van der Waals surface area contributed by atoms with E-state index in [2.05, 4.69) is 5.32 Å². The van der Waals surface area contributed by atoms with E-state index in [1.54, 1.807) is 58.0 Å². The van der Waals surface area contributed by atoms with Crippen molar-refractivity contribution in [2.45, 2.75) is 52.0 Å². The van der Waals surface area contributed by atoms with Crippen LogP contribution in [0.25, 0.3) is 0 Å². The number of hydrogen-bond donors (Lipinski definition) is 2. The van der Waals surface area contributed by atoms with Gasteiger partial charge in [-0.3, -0.25) is 4.79 Å². The number of nitrogens with one attached hydrogen (secondary N) is 1. The van der Waals surface area contributed by atoms with Crippen LogP contribution in [-0.2, 0) is 28.5 Å². The molecule has 0 saturated heterocycles. The molecule has 0 aromatic heterocycles. The summed E-state index contributed by atoms with van der Waals surface area (Å²) >= 11 is 0. The summed E-state index contributed by atoms with van der Waals surface area (Å²) in [5.74, 6) is -3.63. The van der Waals surface area contributed by atoms with Crippen molar-refractivity contribution in [3.8, 4) is 6.07 Å². The van der Waals surface area contributed by atoms with Gasteiger partial charge in [-0.2, -0.15) is 5.26 Å². The molecule has 2 rings (SSSR count). The monoisotopic (exact) mass is 460 g/mol. The van der Waals surface area contributed by atoms with Crippen LogP contribution in [0.5, 0.6) is 0 Å². The number of nitriles is 1. The predicted molar refractivity (Wildman–Crippen MR) is 118 cm³/mol. The summed E-state index contributed by atoms with van der Waals surface area (Å²) < 4.78 is 22.0. The predicted octanol–water partition coefficient (Wildman–Crippen LogP) is 2.37. The zero-order valence-corrected chi connectivity index (χ0v) is 19.5. The number of benzene rings is 1. The molecule has 3 atom stereocenters. The van der Waals surface area contributed by atoms with Crippen molar-refractivity contribution >= 4 is 11.9 Å². The average Bonchev–Trinajstić information content (AvgIpc) is 2.79. The summed E-state index contributed by atoms with van der Waals surface area (Å²) in [6, 6.07) is 10.8. The number of esters is 2. The van der Waals surface area contributed by atoms with Gasteiger partial charge in [0.2, 0.25) is 12.0 Å². The second kappa shape index (κ2) is 12.3. The Balaban J connectivity index is 2.71. The molecule has 0 aliphatic carbocycles. The molecular weight excluding hydrogens is 428 g/mol. The summed E-state index contributed by atoms with van der Waals surface area (Å²) in [7, 11) is 0. The van der Waals surface area contributed by atoms with E-state index in [1.807, 2.05) is 6.07 Å². The highest BCUT2D eigenvalue weighted by atomic mass is 16.7. The first kappa shape index (κ1) is 26.3. The second-order valence-corrected chi connectivity index (χ2v) is 7.39. The number of aliphatic hydroxyl groups is 1. The molecule has 1 heterocycles. The molecule has 0 unspecified atom stereocenters. The van der Waals surface area contributed by atoms with Gasteiger partial charge in [-0.1, -0.05) is 30.3 Å². The van der Waals surface area contributed by atoms with Crippen LogP contribution in [0.3, 0.4) is 0 Å². The zero-order valence-electron chi connectivity index (χ0n) is 19.5. The van der Waals surface area contributed by atoms with Gasteiger partial charge in [0.15, 0.2) is 0 Å². The van der Waals surface area contributed by atoms with E-state index in [9.17, 15) is 14.7 Å². The van der Waals surface area contributed by atoms with Crippen molar-refractivity contribution in [2.24, 2.45) is 5.92 Å². The van der Waals surface area contributed by atoms with E-state index in [0.717, 1.165) is 0 Å². The van der Waals surface area contributed by atoms with Crippen molar-refractivity contribution in [3.63, 3.8) is 0 Å². The van der Waals surface area contributed by atoms with E-state index < -0.39 is 35.8 Å². The van der Waals surface area contributed by atoms with Gasteiger partial charge < -0.3 is 29.4 Å². The van der Waals surface area contributed by atoms with Crippen molar-refractivity contribution in [1.29, 1.82) is 5.26 Å². The third-order valence-electron chi connectivity index (χ3n) is 5.27. The molecule has 2 N–H and O–H groups in total. The number of rotatable bonds is 11. The van der Waals surface area contributed by atoms with Gasteiger partial charge in [-0.05, 0) is 33.3 Å². The normalized spacial score (nSPS) is 22.5. The lowest BCUT2D eigenvalue weighted by molar-refractivity contribution is -0.266. The molecule has 0 amide bonds. The summed E-state index contributed by atoms with van der Waals surface area (Å²) in [5, 5.41) is 23.6. The smallest absolute Gasteiger partial charge is 0.336 e. The van der Waals surface area contributed by atoms with Gasteiger partial charge in [-0.25, -0.2) is 4.79 Å². The maximum Gasteiger partial charge on any atom is 0.336 e. The fourth-order valence-electron chi connectivity index (χ4n) is 4.02. The standard InChI is InChI=1S/C24H32N2O7/c1-5-30-22(28)20-19(17-12-9-8-10-13-17)18(21(27)33-15-11-14-25)16(4)26-24(20,29)23(31-6-2)32-7-3/h8-10,12-13,19-20,23,26,29H,5-7,11,15H2,1-4H3/t19-,20-,24-/m0/s1. The first-order valence-corrected chi connectivity index (χ1v) is 11.1. The van der Waals surface area contributed by atoms with Crippen LogP contribution in [-0.4, -0.2) is 55.5 Å². The van der Waals surface area contributed by atoms with Crippen molar-refractivity contribution in [1.82, 2.24) is 5.32 Å². The molecule has 1 aromatic carbocycles. The third-order valence-corrected chi connectivity index (χ3v) is 5.27. The lowest BCUT2D eigenvalue weighted by Crippen LogP contribution is -2.66. The van der Waals surface area contributed by atoms with Crippen LogP contribution < -0.4 is 5.32 Å². The number of carbonyl (C=O) groups excluding carboxylic acids is 2. The maximum absolute atomic E-state index is 13.3. The summed E-state index contributed by atoms with van der Waals surface area (Å²) in [5.41, 5.74) is -0.972. The Hall–Kier alpha value is -2.93. The molecule has 0 fully saturated rings. The van der Waals surface area contributed by atoms with Gasteiger partial charge in [0, 0.05) is 24.8 Å². The van der Waals surface area contributed by atoms with Crippen LogP contribution in [0.2, 0.25) is 0 Å². The van der Waals surface area contributed by atoms with E-state index in [1.165, 1.54) is 0 Å². The molecule has 33 heavy (non-hydrogen) atoms. The minimum Gasteiger partial charge on any atom is -0.466 e. The van der Waals surface area contributed by atoms with Crippen molar-refractivity contribution < 1.29 is 33.6 Å². The van der Waals surface area contributed by atoms with E-state index in [-0.39, 0.29) is 38.4 Å². The number of allylic oxidation sites excluding steroid dienone is 1. The van der Waals surface area contributed by atoms with Crippen molar-refractivity contribution in [2.75, 3.05) is 26.4 Å².